The summed E-state index contributed by atoms with van der Waals surface area (Å²) < 4.78 is 6.08. The van der Waals surface area contributed by atoms with E-state index in [0.29, 0.717) is 6.04 Å². The number of hydrogen-bond acceptors (Lipinski definition) is 2. The molecule has 1 heterocycles. The summed E-state index contributed by atoms with van der Waals surface area (Å²) in [4.78, 5) is 0. The van der Waals surface area contributed by atoms with Gasteiger partial charge in [0.05, 0.1) is 0 Å². The van der Waals surface area contributed by atoms with E-state index < -0.39 is 0 Å². The van der Waals surface area contributed by atoms with Crippen LogP contribution in [0.15, 0.2) is 27.3 Å². The van der Waals surface area contributed by atoms with Crippen LogP contribution in [-0.4, -0.2) is 12.6 Å². The van der Waals surface area contributed by atoms with Crippen molar-refractivity contribution in [1.82, 2.24) is 5.32 Å². The van der Waals surface area contributed by atoms with Gasteiger partial charge in [0.15, 0.2) is 4.67 Å². The largest absolute Gasteiger partial charge is 0.450 e. The Morgan fingerprint density at radius 2 is 2.38 bits per heavy atom. The van der Waals surface area contributed by atoms with Gasteiger partial charge in [-0.05, 0) is 47.6 Å². The molecular formula is C10H14BrNO. The molecule has 1 unspecified atom stereocenters. The van der Waals surface area contributed by atoms with Crippen molar-refractivity contribution in [2.24, 2.45) is 0 Å². The molecule has 0 saturated carbocycles. The number of furan rings is 1. The molecule has 3 heteroatoms. The lowest BCUT2D eigenvalue weighted by Gasteiger charge is -2.04. The number of halogens is 1. The van der Waals surface area contributed by atoms with Gasteiger partial charge in [0, 0.05) is 6.04 Å². The minimum absolute atomic E-state index is 0.383. The third kappa shape index (κ3) is 3.79. The van der Waals surface area contributed by atoms with Crippen LogP contribution in [0.25, 0.3) is 6.08 Å². The Morgan fingerprint density at radius 1 is 1.62 bits per heavy atom. The molecule has 1 aromatic heterocycles. The first-order chi connectivity index (χ1) is 6.22. The van der Waals surface area contributed by atoms with Crippen molar-refractivity contribution in [2.75, 3.05) is 6.54 Å². The van der Waals surface area contributed by atoms with E-state index in [0.717, 1.165) is 17.0 Å². The summed E-state index contributed by atoms with van der Waals surface area (Å²) in [6.45, 7) is 5.18. The van der Waals surface area contributed by atoms with Gasteiger partial charge < -0.3 is 9.73 Å². The molecule has 0 bridgehead atoms. The third-order valence-corrected chi connectivity index (χ3v) is 2.10. The van der Waals surface area contributed by atoms with Gasteiger partial charge in [-0.25, -0.2) is 0 Å². The standard InChI is InChI=1S/C10H14BrNO/c1-3-12-8(2)4-5-9-6-7-10(11)13-9/h4-8,12H,3H2,1-2H3/b5-4+. The van der Waals surface area contributed by atoms with Crippen LogP contribution < -0.4 is 5.32 Å². The summed E-state index contributed by atoms with van der Waals surface area (Å²) in [6.07, 6.45) is 4.05. The topological polar surface area (TPSA) is 25.2 Å². The van der Waals surface area contributed by atoms with Crippen LogP contribution in [0, 0.1) is 0 Å². The summed E-state index contributed by atoms with van der Waals surface area (Å²) in [5, 5.41) is 3.28. The van der Waals surface area contributed by atoms with Gasteiger partial charge in [0.1, 0.15) is 5.76 Å². The number of nitrogens with one attached hydrogen (secondary N) is 1. The second-order valence-corrected chi connectivity index (χ2v) is 3.63. The molecule has 1 N–H and O–H groups in total. The zero-order valence-electron chi connectivity index (χ0n) is 7.88. The van der Waals surface area contributed by atoms with Crippen LogP contribution in [0.1, 0.15) is 19.6 Å². The van der Waals surface area contributed by atoms with Gasteiger partial charge in [-0.2, -0.15) is 0 Å². The lowest BCUT2D eigenvalue weighted by molar-refractivity contribution is 0.531. The van der Waals surface area contributed by atoms with E-state index in [1.807, 2.05) is 18.2 Å². The minimum Gasteiger partial charge on any atom is -0.450 e. The lowest BCUT2D eigenvalue weighted by atomic mass is 10.3. The van der Waals surface area contributed by atoms with Crippen molar-refractivity contribution >= 4 is 22.0 Å². The average molecular weight is 244 g/mol. The molecule has 0 spiro atoms. The molecule has 0 amide bonds. The van der Waals surface area contributed by atoms with Crippen LogP contribution in [0.3, 0.4) is 0 Å². The molecule has 1 aromatic rings. The summed E-state index contributed by atoms with van der Waals surface area (Å²) in [7, 11) is 0. The second-order valence-electron chi connectivity index (χ2n) is 2.85. The monoisotopic (exact) mass is 243 g/mol. The fourth-order valence-electron chi connectivity index (χ4n) is 1.05. The van der Waals surface area contributed by atoms with Gasteiger partial charge in [-0.3, -0.25) is 0 Å². The van der Waals surface area contributed by atoms with Crippen LogP contribution in [0.5, 0.6) is 0 Å². The second kappa shape index (κ2) is 5.25. The van der Waals surface area contributed by atoms with Crippen molar-refractivity contribution in [3.8, 4) is 0 Å². The highest BCUT2D eigenvalue weighted by molar-refractivity contribution is 9.10. The zero-order chi connectivity index (χ0) is 9.68. The molecule has 0 aliphatic rings. The van der Waals surface area contributed by atoms with Gasteiger partial charge in [-0.1, -0.05) is 13.0 Å². The van der Waals surface area contributed by atoms with Crippen molar-refractivity contribution < 1.29 is 4.42 Å². The predicted molar refractivity (Wildman–Crippen MR) is 58.6 cm³/mol. The van der Waals surface area contributed by atoms with Crippen molar-refractivity contribution in [3.63, 3.8) is 0 Å². The molecule has 2 nitrogen and oxygen atoms in total. The molecule has 0 saturated heterocycles. The molecule has 0 aliphatic heterocycles. The number of likely N-dealkylation sites (N-methyl/N-ethyl adjacent to an activating group) is 1. The summed E-state index contributed by atoms with van der Waals surface area (Å²) >= 11 is 3.25. The Balaban J connectivity index is 2.48. The highest BCUT2D eigenvalue weighted by Crippen LogP contribution is 2.15. The molecular weight excluding hydrogens is 230 g/mol. The molecule has 0 fully saturated rings. The molecule has 1 rings (SSSR count). The van der Waals surface area contributed by atoms with Crippen LogP contribution in [0.4, 0.5) is 0 Å². The Bertz CT molecular complexity index is 280. The predicted octanol–water partition coefficient (Wildman–Crippen LogP) is 3.05. The van der Waals surface area contributed by atoms with Crippen molar-refractivity contribution in [3.05, 3.63) is 28.6 Å². The normalized spacial score (nSPS) is 13.8. The summed E-state index contributed by atoms with van der Waals surface area (Å²) in [5.41, 5.74) is 0. The van der Waals surface area contributed by atoms with E-state index in [4.69, 9.17) is 4.42 Å². The zero-order valence-corrected chi connectivity index (χ0v) is 9.47. The smallest absolute Gasteiger partial charge is 0.169 e. The Hall–Kier alpha value is -0.540. The van der Waals surface area contributed by atoms with Gasteiger partial charge in [-0.15, -0.1) is 0 Å². The highest BCUT2D eigenvalue weighted by atomic mass is 79.9. The first-order valence-corrected chi connectivity index (χ1v) is 5.18. The quantitative estimate of drug-likeness (QED) is 0.880. The van der Waals surface area contributed by atoms with Crippen LogP contribution in [0.2, 0.25) is 0 Å². The fourth-order valence-corrected chi connectivity index (χ4v) is 1.37. The first kappa shape index (κ1) is 10.5. The van der Waals surface area contributed by atoms with Crippen molar-refractivity contribution in [1.29, 1.82) is 0 Å². The van der Waals surface area contributed by atoms with E-state index in [9.17, 15) is 0 Å². The SMILES string of the molecule is CCNC(C)/C=C/c1ccc(Br)o1. The van der Waals surface area contributed by atoms with E-state index in [2.05, 4.69) is 41.2 Å². The van der Waals surface area contributed by atoms with E-state index >= 15 is 0 Å². The molecule has 1 atom stereocenters. The maximum Gasteiger partial charge on any atom is 0.169 e. The maximum absolute atomic E-state index is 5.31. The fraction of sp³-hybridized carbons (Fsp3) is 0.400. The first-order valence-electron chi connectivity index (χ1n) is 4.39. The highest BCUT2D eigenvalue weighted by Gasteiger charge is 1.95. The van der Waals surface area contributed by atoms with Gasteiger partial charge in [0.25, 0.3) is 0 Å². The summed E-state index contributed by atoms with van der Waals surface area (Å²) in [6, 6.07) is 4.20. The minimum atomic E-state index is 0.383. The van der Waals surface area contributed by atoms with E-state index in [1.54, 1.807) is 0 Å². The van der Waals surface area contributed by atoms with Gasteiger partial charge >= 0.3 is 0 Å². The molecule has 0 aliphatic carbocycles. The number of hydrogen-bond donors (Lipinski definition) is 1. The lowest BCUT2D eigenvalue weighted by Crippen LogP contribution is -2.22. The average Bonchev–Trinajstić information content (AvgIpc) is 2.49. The summed E-state index contributed by atoms with van der Waals surface area (Å²) in [5.74, 6) is 0.872. The molecule has 0 radical (unpaired) electrons. The van der Waals surface area contributed by atoms with Crippen molar-refractivity contribution in [2.45, 2.75) is 19.9 Å². The van der Waals surface area contributed by atoms with Crippen LogP contribution >= 0.6 is 15.9 Å². The van der Waals surface area contributed by atoms with E-state index in [1.165, 1.54) is 0 Å². The maximum atomic E-state index is 5.31. The molecule has 13 heavy (non-hydrogen) atoms. The number of rotatable bonds is 4. The van der Waals surface area contributed by atoms with E-state index in [-0.39, 0.29) is 0 Å². The molecule has 0 aromatic carbocycles. The Kier molecular flexibility index (Phi) is 4.25. The Morgan fingerprint density at radius 3 is 2.92 bits per heavy atom. The third-order valence-electron chi connectivity index (χ3n) is 1.67. The van der Waals surface area contributed by atoms with Crippen LogP contribution in [-0.2, 0) is 0 Å². The van der Waals surface area contributed by atoms with Gasteiger partial charge in [0.2, 0.25) is 0 Å². The Labute approximate surface area is 87.1 Å². The molecule has 72 valence electrons.